The first-order valence-corrected chi connectivity index (χ1v) is 8.14. The zero-order chi connectivity index (χ0) is 18.5. The lowest BCUT2D eigenvalue weighted by Crippen LogP contribution is -2.32. The third-order valence-electron chi connectivity index (χ3n) is 4.55. The van der Waals surface area contributed by atoms with Crippen molar-refractivity contribution in [1.82, 2.24) is 30.0 Å². The van der Waals surface area contributed by atoms with E-state index in [1.807, 2.05) is 6.07 Å². The van der Waals surface area contributed by atoms with Crippen molar-refractivity contribution in [2.24, 2.45) is 0 Å². The molecule has 1 amide bonds. The van der Waals surface area contributed by atoms with E-state index in [1.54, 1.807) is 13.1 Å². The van der Waals surface area contributed by atoms with E-state index in [1.165, 1.54) is 4.90 Å². The Morgan fingerprint density at radius 3 is 2.92 bits per heavy atom. The predicted molar refractivity (Wildman–Crippen MR) is 86.3 cm³/mol. The van der Waals surface area contributed by atoms with Gasteiger partial charge in [0.1, 0.15) is 12.2 Å². The molecule has 0 spiro atoms. The number of likely N-dealkylation sites (tertiary alicyclic amines) is 1. The molecule has 0 radical (unpaired) electrons. The number of rotatable bonds is 2. The van der Waals surface area contributed by atoms with Crippen LogP contribution in [0.15, 0.2) is 12.3 Å². The van der Waals surface area contributed by atoms with Crippen LogP contribution in [-0.4, -0.2) is 55.2 Å². The van der Waals surface area contributed by atoms with Crippen LogP contribution in [0.5, 0.6) is 0 Å². The van der Waals surface area contributed by atoms with Gasteiger partial charge in [-0.3, -0.25) is 4.79 Å². The molecule has 26 heavy (non-hydrogen) atoms. The molecule has 1 aliphatic rings. The zero-order valence-electron chi connectivity index (χ0n) is 13.8. The van der Waals surface area contributed by atoms with E-state index in [4.69, 9.17) is 0 Å². The van der Waals surface area contributed by atoms with Crippen LogP contribution in [0.25, 0.3) is 22.1 Å². The summed E-state index contributed by atoms with van der Waals surface area (Å²) < 4.78 is 37.5. The maximum atomic E-state index is 12.5. The van der Waals surface area contributed by atoms with Crippen LogP contribution in [0, 0.1) is 6.92 Å². The Hall–Kier alpha value is -2.78. The smallest absolute Gasteiger partial charge is 0.345 e. The number of H-pyrrole nitrogens is 1. The normalized spacial score (nSPS) is 18.2. The number of aromatic nitrogens is 5. The van der Waals surface area contributed by atoms with Gasteiger partial charge in [-0.25, -0.2) is 9.97 Å². The molecule has 7 nitrogen and oxygen atoms in total. The minimum absolute atomic E-state index is 0.168. The van der Waals surface area contributed by atoms with Crippen molar-refractivity contribution in [3.05, 3.63) is 23.8 Å². The largest absolute Gasteiger partial charge is 0.397 e. The van der Waals surface area contributed by atoms with Crippen molar-refractivity contribution in [1.29, 1.82) is 0 Å². The van der Waals surface area contributed by atoms with Gasteiger partial charge in [-0.15, -0.1) is 10.2 Å². The highest BCUT2D eigenvalue weighted by atomic mass is 19.4. The fourth-order valence-corrected chi connectivity index (χ4v) is 3.44. The first kappa shape index (κ1) is 16.7. The first-order valence-electron chi connectivity index (χ1n) is 8.14. The number of fused-ring (bicyclic) bond motifs is 3. The summed E-state index contributed by atoms with van der Waals surface area (Å²) in [5.74, 6) is -0.558. The third-order valence-corrected chi connectivity index (χ3v) is 4.55. The van der Waals surface area contributed by atoms with E-state index in [9.17, 15) is 18.0 Å². The molecule has 3 aromatic rings. The highest BCUT2D eigenvalue weighted by molar-refractivity contribution is 6.02. The molecule has 136 valence electrons. The second-order valence-electron chi connectivity index (χ2n) is 6.41. The SMILES string of the molecule is Cc1nc(C2CCN(C(=O)CC(F)(F)F)C2)c2c(nnc3[nH]ccc32)n1. The molecule has 0 aromatic carbocycles. The van der Waals surface area contributed by atoms with E-state index in [-0.39, 0.29) is 19.0 Å². The summed E-state index contributed by atoms with van der Waals surface area (Å²) in [4.78, 5) is 25.0. The van der Waals surface area contributed by atoms with Crippen molar-refractivity contribution < 1.29 is 18.0 Å². The predicted octanol–water partition coefficient (Wildman–Crippen LogP) is 2.48. The van der Waals surface area contributed by atoms with Gasteiger partial charge in [0, 0.05) is 30.6 Å². The molecular formula is C16H15F3N6O. The van der Waals surface area contributed by atoms with Gasteiger partial charge < -0.3 is 9.88 Å². The Bertz CT molecular complexity index is 999. The molecule has 4 heterocycles. The molecule has 0 bridgehead atoms. The Morgan fingerprint density at radius 2 is 2.15 bits per heavy atom. The van der Waals surface area contributed by atoms with E-state index in [0.717, 1.165) is 10.8 Å². The van der Waals surface area contributed by atoms with E-state index < -0.39 is 18.5 Å². The Kier molecular flexibility index (Phi) is 3.78. The highest BCUT2D eigenvalue weighted by Crippen LogP contribution is 2.34. The number of carbonyl (C=O) groups excluding carboxylic acids is 1. The molecule has 1 aliphatic heterocycles. The maximum absolute atomic E-state index is 12.5. The monoisotopic (exact) mass is 364 g/mol. The number of nitrogens with zero attached hydrogens (tertiary/aromatic N) is 5. The van der Waals surface area contributed by atoms with Crippen LogP contribution in [0.1, 0.15) is 30.3 Å². The lowest BCUT2D eigenvalue weighted by atomic mass is 10.00. The second-order valence-corrected chi connectivity index (χ2v) is 6.41. The summed E-state index contributed by atoms with van der Waals surface area (Å²) in [7, 11) is 0. The van der Waals surface area contributed by atoms with Crippen LogP contribution in [0.2, 0.25) is 0 Å². The van der Waals surface area contributed by atoms with Gasteiger partial charge in [-0.1, -0.05) is 0 Å². The number of amides is 1. The number of nitrogens with one attached hydrogen (secondary N) is 1. The molecule has 1 fully saturated rings. The highest BCUT2D eigenvalue weighted by Gasteiger charge is 2.37. The Balaban J connectivity index is 1.71. The van der Waals surface area contributed by atoms with Gasteiger partial charge in [0.2, 0.25) is 5.91 Å². The number of hydrogen-bond acceptors (Lipinski definition) is 5. The molecule has 10 heteroatoms. The molecule has 0 aliphatic carbocycles. The van der Waals surface area contributed by atoms with Gasteiger partial charge in [0.15, 0.2) is 11.3 Å². The molecule has 3 aromatic heterocycles. The average molecular weight is 364 g/mol. The van der Waals surface area contributed by atoms with Crippen LogP contribution < -0.4 is 0 Å². The van der Waals surface area contributed by atoms with E-state index in [2.05, 4.69) is 25.1 Å². The number of aryl methyl sites for hydroxylation is 1. The summed E-state index contributed by atoms with van der Waals surface area (Å²) in [6.45, 7) is 2.21. The quantitative estimate of drug-likeness (QED) is 0.755. The van der Waals surface area contributed by atoms with Gasteiger partial charge in [-0.2, -0.15) is 13.2 Å². The second kappa shape index (κ2) is 5.89. The first-order chi connectivity index (χ1) is 12.3. The van der Waals surface area contributed by atoms with Crippen molar-refractivity contribution in [2.75, 3.05) is 13.1 Å². The maximum Gasteiger partial charge on any atom is 0.397 e. The lowest BCUT2D eigenvalue weighted by molar-refractivity contribution is -0.160. The van der Waals surface area contributed by atoms with E-state index in [0.29, 0.717) is 29.2 Å². The number of hydrogen-bond donors (Lipinski definition) is 1. The summed E-state index contributed by atoms with van der Waals surface area (Å²) in [6, 6.07) is 1.84. The topological polar surface area (TPSA) is 87.7 Å². The number of halogens is 3. The number of carbonyl (C=O) groups is 1. The number of alkyl halides is 3. The van der Waals surface area contributed by atoms with Crippen LogP contribution in [-0.2, 0) is 4.79 Å². The molecule has 4 rings (SSSR count). The van der Waals surface area contributed by atoms with Crippen LogP contribution in [0.3, 0.4) is 0 Å². The molecule has 1 N–H and O–H groups in total. The third kappa shape index (κ3) is 2.95. The molecule has 1 atom stereocenters. The molecular weight excluding hydrogens is 349 g/mol. The van der Waals surface area contributed by atoms with Crippen molar-refractivity contribution in [3.63, 3.8) is 0 Å². The lowest BCUT2D eigenvalue weighted by Gasteiger charge is -2.18. The number of aromatic amines is 1. The van der Waals surface area contributed by atoms with Gasteiger partial charge in [0.05, 0.1) is 11.1 Å². The molecule has 1 saturated heterocycles. The minimum atomic E-state index is -4.50. The van der Waals surface area contributed by atoms with Crippen molar-refractivity contribution in [2.45, 2.75) is 31.9 Å². The minimum Gasteiger partial charge on any atom is -0.345 e. The fraction of sp³-hybridized carbons (Fsp3) is 0.438. The fourth-order valence-electron chi connectivity index (χ4n) is 3.44. The van der Waals surface area contributed by atoms with Crippen molar-refractivity contribution >= 4 is 28.0 Å². The van der Waals surface area contributed by atoms with Gasteiger partial charge in [0.25, 0.3) is 0 Å². The van der Waals surface area contributed by atoms with E-state index >= 15 is 0 Å². The summed E-state index contributed by atoms with van der Waals surface area (Å²) in [5.41, 5.74) is 1.74. The zero-order valence-corrected chi connectivity index (χ0v) is 13.8. The Labute approximate surface area is 145 Å². The Morgan fingerprint density at radius 1 is 1.35 bits per heavy atom. The standard InChI is InChI=1S/C16H15F3N6O/c1-8-21-13(9-3-5-25(7-9)11(26)6-16(17,18)19)12-10-2-4-20-14(10)23-24-15(12)22-8/h2,4,9H,3,5-7H2,1H3,(H,20,23). The molecule has 1 unspecified atom stereocenters. The van der Waals surface area contributed by atoms with Gasteiger partial charge in [-0.05, 0) is 19.4 Å². The summed E-state index contributed by atoms with van der Waals surface area (Å²) >= 11 is 0. The summed E-state index contributed by atoms with van der Waals surface area (Å²) in [6.07, 6.45) is -3.66. The van der Waals surface area contributed by atoms with Crippen molar-refractivity contribution in [3.8, 4) is 0 Å². The average Bonchev–Trinajstić information content (AvgIpc) is 3.21. The summed E-state index contributed by atoms with van der Waals surface area (Å²) in [5, 5.41) is 9.74. The van der Waals surface area contributed by atoms with Gasteiger partial charge >= 0.3 is 6.18 Å². The van der Waals surface area contributed by atoms with Crippen LogP contribution >= 0.6 is 0 Å². The molecule has 0 saturated carbocycles. The van der Waals surface area contributed by atoms with Crippen LogP contribution in [0.4, 0.5) is 13.2 Å².